The lowest BCUT2D eigenvalue weighted by Gasteiger charge is -2.39. The van der Waals surface area contributed by atoms with E-state index in [9.17, 15) is 0 Å². The van der Waals surface area contributed by atoms with Gasteiger partial charge in [-0.1, -0.05) is 32.3 Å². The SMILES string of the molecule is C=CC1CCC(C2CCC(COC3CCC(C4CCC(CC)CC4)CC3)CC2)CC1. The maximum absolute atomic E-state index is 6.49. The lowest BCUT2D eigenvalue weighted by atomic mass is 9.69. The molecule has 0 radical (unpaired) electrons. The fourth-order valence-electron chi connectivity index (χ4n) is 7.75. The van der Waals surface area contributed by atoms with Gasteiger partial charge in [-0.2, -0.15) is 0 Å². The molecule has 4 aliphatic rings. The highest BCUT2D eigenvalue weighted by Gasteiger charge is 2.33. The first-order chi connectivity index (χ1) is 14.7. The van der Waals surface area contributed by atoms with Crippen LogP contribution < -0.4 is 0 Å². The number of rotatable bonds is 7. The molecule has 4 aliphatic carbocycles. The lowest BCUT2D eigenvalue weighted by Crippen LogP contribution is -2.30. The third-order valence-electron chi connectivity index (χ3n) is 10.1. The van der Waals surface area contributed by atoms with Crippen LogP contribution in [0.1, 0.15) is 116 Å². The Hall–Kier alpha value is -0.300. The molecule has 0 aromatic rings. The van der Waals surface area contributed by atoms with Crippen molar-refractivity contribution in [2.45, 2.75) is 122 Å². The monoisotopic (exact) mass is 414 g/mol. The van der Waals surface area contributed by atoms with Crippen LogP contribution in [-0.2, 0) is 4.74 Å². The van der Waals surface area contributed by atoms with Gasteiger partial charge in [-0.15, -0.1) is 6.58 Å². The third kappa shape index (κ3) is 6.14. The maximum Gasteiger partial charge on any atom is 0.0575 e. The smallest absolute Gasteiger partial charge is 0.0575 e. The van der Waals surface area contributed by atoms with Gasteiger partial charge in [0.1, 0.15) is 0 Å². The highest BCUT2D eigenvalue weighted by atomic mass is 16.5. The predicted octanol–water partition coefficient (Wildman–Crippen LogP) is 8.58. The number of allylic oxidation sites excluding steroid dienone is 1. The van der Waals surface area contributed by atoms with E-state index >= 15 is 0 Å². The quantitative estimate of drug-likeness (QED) is 0.379. The van der Waals surface area contributed by atoms with Crippen LogP contribution in [0.15, 0.2) is 12.7 Å². The van der Waals surface area contributed by atoms with Crippen LogP contribution in [0.2, 0.25) is 0 Å². The van der Waals surface area contributed by atoms with Crippen molar-refractivity contribution in [1.82, 2.24) is 0 Å². The van der Waals surface area contributed by atoms with Gasteiger partial charge in [0.25, 0.3) is 0 Å². The summed E-state index contributed by atoms with van der Waals surface area (Å²) in [6, 6.07) is 0. The van der Waals surface area contributed by atoms with Crippen LogP contribution in [0.25, 0.3) is 0 Å². The Balaban J connectivity index is 1.08. The van der Waals surface area contributed by atoms with Crippen LogP contribution in [0, 0.1) is 41.4 Å². The van der Waals surface area contributed by atoms with E-state index in [1.54, 1.807) is 0 Å². The molecule has 0 atom stereocenters. The van der Waals surface area contributed by atoms with Gasteiger partial charge in [-0.05, 0) is 131 Å². The van der Waals surface area contributed by atoms with Crippen LogP contribution >= 0.6 is 0 Å². The van der Waals surface area contributed by atoms with Gasteiger partial charge >= 0.3 is 0 Å². The fraction of sp³-hybridized carbons (Fsp3) is 0.931. The molecule has 0 aromatic heterocycles. The molecule has 172 valence electrons. The normalized spacial score (nSPS) is 43.2. The van der Waals surface area contributed by atoms with Crippen LogP contribution in [0.3, 0.4) is 0 Å². The standard InChI is InChI=1S/C29H50O/c1-3-22-5-11-25(12-6-22)27-15-9-24(10-16-27)21-30-29-19-17-28(18-20-29)26-13-7-23(4-2)8-14-26/h3,22-29H,1,4-21H2,2H3. The Kier molecular flexibility index (Phi) is 8.79. The summed E-state index contributed by atoms with van der Waals surface area (Å²) in [5, 5.41) is 0. The third-order valence-corrected chi connectivity index (χ3v) is 10.1. The zero-order valence-corrected chi connectivity index (χ0v) is 20.0. The number of hydrogen-bond donors (Lipinski definition) is 0. The predicted molar refractivity (Wildman–Crippen MR) is 129 cm³/mol. The average molecular weight is 415 g/mol. The number of hydrogen-bond acceptors (Lipinski definition) is 1. The van der Waals surface area contributed by atoms with E-state index in [1.807, 2.05) is 0 Å². The second-order valence-corrected chi connectivity index (χ2v) is 11.8. The van der Waals surface area contributed by atoms with Gasteiger partial charge in [0.05, 0.1) is 6.10 Å². The second-order valence-electron chi connectivity index (χ2n) is 11.8. The van der Waals surface area contributed by atoms with Crippen molar-refractivity contribution in [3.05, 3.63) is 12.7 Å². The topological polar surface area (TPSA) is 9.23 Å². The zero-order chi connectivity index (χ0) is 20.8. The molecule has 0 unspecified atom stereocenters. The van der Waals surface area contributed by atoms with Gasteiger partial charge in [0, 0.05) is 6.61 Å². The summed E-state index contributed by atoms with van der Waals surface area (Å²) in [6.45, 7) is 7.46. The van der Waals surface area contributed by atoms with Crippen molar-refractivity contribution < 1.29 is 4.74 Å². The molecule has 30 heavy (non-hydrogen) atoms. The van der Waals surface area contributed by atoms with Gasteiger partial charge < -0.3 is 4.74 Å². The van der Waals surface area contributed by atoms with Crippen molar-refractivity contribution in [2.24, 2.45) is 41.4 Å². The summed E-state index contributed by atoms with van der Waals surface area (Å²) in [5.41, 5.74) is 0. The molecule has 4 fully saturated rings. The summed E-state index contributed by atoms with van der Waals surface area (Å²) in [5.74, 6) is 6.81. The van der Waals surface area contributed by atoms with Crippen LogP contribution in [-0.4, -0.2) is 12.7 Å². The van der Waals surface area contributed by atoms with E-state index in [0.717, 1.165) is 48.0 Å². The Bertz CT molecular complexity index is 480. The van der Waals surface area contributed by atoms with Gasteiger partial charge in [0.15, 0.2) is 0 Å². The molecule has 4 rings (SSSR count). The minimum atomic E-state index is 0.583. The molecular weight excluding hydrogens is 364 g/mol. The van der Waals surface area contributed by atoms with Gasteiger partial charge in [-0.3, -0.25) is 0 Å². The summed E-state index contributed by atoms with van der Waals surface area (Å²) in [4.78, 5) is 0. The zero-order valence-electron chi connectivity index (χ0n) is 20.0. The van der Waals surface area contributed by atoms with Crippen molar-refractivity contribution in [3.63, 3.8) is 0 Å². The molecule has 1 nitrogen and oxygen atoms in total. The minimum Gasteiger partial charge on any atom is -0.378 e. The van der Waals surface area contributed by atoms with E-state index in [-0.39, 0.29) is 0 Å². The summed E-state index contributed by atoms with van der Waals surface area (Å²) >= 11 is 0. The maximum atomic E-state index is 6.49. The first kappa shape index (κ1) is 22.9. The molecule has 0 aromatic carbocycles. The van der Waals surface area contributed by atoms with Crippen molar-refractivity contribution in [3.8, 4) is 0 Å². The Labute approximate surface area is 187 Å². The van der Waals surface area contributed by atoms with Crippen molar-refractivity contribution in [1.29, 1.82) is 0 Å². The highest BCUT2D eigenvalue weighted by molar-refractivity contribution is 4.88. The molecule has 0 spiro atoms. The van der Waals surface area contributed by atoms with E-state index in [1.165, 1.54) is 109 Å². The molecule has 0 N–H and O–H groups in total. The van der Waals surface area contributed by atoms with Crippen molar-refractivity contribution >= 4 is 0 Å². The molecule has 0 heterocycles. The molecule has 0 bridgehead atoms. The van der Waals surface area contributed by atoms with E-state index in [2.05, 4.69) is 19.6 Å². The Morgan fingerprint density at radius 3 is 1.50 bits per heavy atom. The Morgan fingerprint density at radius 2 is 1.03 bits per heavy atom. The fourth-order valence-corrected chi connectivity index (χ4v) is 7.75. The summed E-state index contributed by atoms with van der Waals surface area (Å²) in [6.07, 6.45) is 27.4. The molecule has 0 saturated heterocycles. The molecular formula is C29H50O. The molecule has 1 heteroatoms. The van der Waals surface area contributed by atoms with Gasteiger partial charge in [-0.25, -0.2) is 0 Å². The molecule has 0 aliphatic heterocycles. The first-order valence-electron chi connectivity index (χ1n) is 14.0. The number of ether oxygens (including phenoxy) is 1. The molecule has 0 amide bonds. The Morgan fingerprint density at radius 1 is 0.600 bits per heavy atom. The lowest BCUT2D eigenvalue weighted by molar-refractivity contribution is -0.0192. The first-order valence-corrected chi connectivity index (χ1v) is 14.0. The highest BCUT2D eigenvalue weighted by Crippen LogP contribution is 2.43. The van der Waals surface area contributed by atoms with Gasteiger partial charge in [0.2, 0.25) is 0 Å². The van der Waals surface area contributed by atoms with E-state index < -0.39 is 0 Å². The van der Waals surface area contributed by atoms with E-state index in [4.69, 9.17) is 4.74 Å². The van der Waals surface area contributed by atoms with Crippen LogP contribution in [0.5, 0.6) is 0 Å². The van der Waals surface area contributed by atoms with Crippen LogP contribution in [0.4, 0.5) is 0 Å². The second kappa shape index (κ2) is 11.5. The van der Waals surface area contributed by atoms with Crippen molar-refractivity contribution in [2.75, 3.05) is 6.61 Å². The summed E-state index contributed by atoms with van der Waals surface area (Å²) < 4.78 is 6.49. The largest absolute Gasteiger partial charge is 0.378 e. The molecule has 4 saturated carbocycles. The minimum absolute atomic E-state index is 0.583. The average Bonchev–Trinajstić information content (AvgIpc) is 2.83. The summed E-state index contributed by atoms with van der Waals surface area (Å²) in [7, 11) is 0. The van der Waals surface area contributed by atoms with E-state index in [0.29, 0.717) is 6.10 Å².